The lowest BCUT2D eigenvalue weighted by Gasteiger charge is -2.39. The number of carbonyl (C=O) groups is 1. The Morgan fingerprint density at radius 1 is 1.13 bits per heavy atom. The van der Waals surface area contributed by atoms with Crippen LogP contribution in [0.25, 0.3) is 6.08 Å². The molecule has 2 aromatic carbocycles. The Hall–Kier alpha value is -2.31. The molecule has 1 unspecified atom stereocenters. The van der Waals surface area contributed by atoms with Crippen molar-refractivity contribution in [3.8, 4) is 11.5 Å². The summed E-state index contributed by atoms with van der Waals surface area (Å²) in [5, 5.41) is 4.10. The van der Waals surface area contributed by atoms with Crippen molar-refractivity contribution in [2.75, 3.05) is 12.1 Å². The highest BCUT2D eigenvalue weighted by Crippen LogP contribution is 2.44. The van der Waals surface area contributed by atoms with Crippen LogP contribution >= 0.6 is 23.4 Å². The molecule has 2 fully saturated rings. The zero-order chi connectivity index (χ0) is 21.4. The van der Waals surface area contributed by atoms with Crippen molar-refractivity contribution in [3.63, 3.8) is 0 Å². The van der Waals surface area contributed by atoms with Crippen molar-refractivity contribution >= 4 is 41.0 Å². The SMILES string of the molecule is C[C@@H]1CCCC[C@@H]1N1C(=O)/C(=C/c2cc3c(cc2Cl)OCO3)SC1Nc1ccccc1. The molecule has 0 bridgehead atoms. The molecule has 31 heavy (non-hydrogen) atoms. The van der Waals surface area contributed by atoms with Crippen molar-refractivity contribution in [2.45, 2.75) is 44.1 Å². The smallest absolute Gasteiger partial charge is 0.262 e. The third kappa shape index (κ3) is 4.11. The average molecular weight is 457 g/mol. The maximum Gasteiger partial charge on any atom is 0.262 e. The number of thioether (sulfide) groups is 1. The van der Waals surface area contributed by atoms with Crippen LogP contribution in [-0.4, -0.2) is 29.1 Å². The summed E-state index contributed by atoms with van der Waals surface area (Å²) >= 11 is 8.03. The van der Waals surface area contributed by atoms with Crippen LogP contribution in [0.4, 0.5) is 5.69 Å². The van der Waals surface area contributed by atoms with E-state index in [9.17, 15) is 4.79 Å². The largest absolute Gasteiger partial charge is 0.454 e. The van der Waals surface area contributed by atoms with Crippen LogP contribution < -0.4 is 14.8 Å². The van der Waals surface area contributed by atoms with Crippen LogP contribution in [0, 0.1) is 5.92 Å². The molecule has 0 spiro atoms. The van der Waals surface area contributed by atoms with Crippen molar-refractivity contribution in [1.29, 1.82) is 0 Å². The molecule has 1 amide bonds. The van der Waals surface area contributed by atoms with Gasteiger partial charge >= 0.3 is 0 Å². The predicted molar refractivity (Wildman–Crippen MR) is 125 cm³/mol. The molecule has 1 aliphatic carbocycles. The molecule has 5 rings (SSSR count). The molecule has 2 heterocycles. The van der Waals surface area contributed by atoms with E-state index >= 15 is 0 Å². The third-order valence-electron chi connectivity index (χ3n) is 6.20. The van der Waals surface area contributed by atoms with Crippen LogP contribution in [0.3, 0.4) is 0 Å². The minimum atomic E-state index is -0.153. The standard InChI is InChI=1S/C24H25ClN2O3S/c1-15-7-5-6-10-19(15)27-23(28)22(31-24(27)26-17-8-3-2-4-9-17)12-16-11-20-21(13-18(16)25)30-14-29-20/h2-4,8-9,11-13,15,19,24,26H,5-7,10,14H2,1H3/b22-12-/t15-,19+,24?/m1/s1. The minimum absolute atomic E-state index is 0.0610. The van der Waals surface area contributed by atoms with Crippen molar-refractivity contribution in [1.82, 2.24) is 4.90 Å². The number of benzene rings is 2. The van der Waals surface area contributed by atoms with Gasteiger partial charge in [-0.2, -0.15) is 0 Å². The van der Waals surface area contributed by atoms with E-state index in [2.05, 4.69) is 12.2 Å². The summed E-state index contributed by atoms with van der Waals surface area (Å²) in [4.78, 5) is 16.3. The monoisotopic (exact) mass is 456 g/mol. The molecule has 0 aromatic heterocycles. The summed E-state index contributed by atoms with van der Waals surface area (Å²) in [7, 11) is 0. The van der Waals surface area contributed by atoms with Gasteiger partial charge in [-0.05, 0) is 48.6 Å². The van der Waals surface area contributed by atoms with Crippen LogP contribution in [-0.2, 0) is 4.79 Å². The van der Waals surface area contributed by atoms with Crippen LogP contribution in [0.1, 0.15) is 38.2 Å². The Bertz CT molecular complexity index is 1010. The summed E-state index contributed by atoms with van der Waals surface area (Å²) in [5.41, 5.74) is 1.61. The van der Waals surface area contributed by atoms with E-state index in [-0.39, 0.29) is 24.2 Å². The molecule has 0 radical (unpaired) electrons. The zero-order valence-corrected chi connectivity index (χ0v) is 18.9. The third-order valence-corrected chi connectivity index (χ3v) is 7.64. The zero-order valence-electron chi connectivity index (χ0n) is 17.3. The Kier molecular flexibility index (Phi) is 5.76. The van der Waals surface area contributed by atoms with E-state index < -0.39 is 0 Å². The molecule has 5 nitrogen and oxygen atoms in total. The lowest BCUT2D eigenvalue weighted by atomic mass is 9.85. The molecular weight excluding hydrogens is 432 g/mol. The lowest BCUT2D eigenvalue weighted by Crippen LogP contribution is -2.48. The van der Waals surface area contributed by atoms with E-state index in [1.807, 2.05) is 47.4 Å². The maximum atomic E-state index is 13.6. The van der Waals surface area contributed by atoms with E-state index in [0.717, 1.165) is 30.5 Å². The molecule has 3 aliphatic rings. The highest BCUT2D eigenvalue weighted by molar-refractivity contribution is 8.05. The number of ether oxygens (including phenoxy) is 2. The summed E-state index contributed by atoms with van der Waals surface area (Å²) in [5.74, 6) is 1.83. The van der Waals surface area contributed by atoms with Gasteiger partial charge < -0.3 is 19.7 Å². The quantitative estimate of drug-likeness (QED) is 0.575. The van der Waals surface area contributed by atoms with Gasteiger partial charge in [0.1, 0.15) is 0 Å². The van der Waals surface area contributed by atoms with Gasteiger partial charge in [0.25, 0.3) is 5.91 Å². The second-order valence-corrected chi connectivity index (χ2v) is 9.79. The lowest BCUT2D eigenvalue weighted by molar-refractivity contribution is -0.129. The number of fused-ring (bicyclic) bond motifs is 1. The predicted octanol–water partition coefficient (Wildman–Crippen LogP) is 5.96. The summed E-state index contributed by atoms with van der Waals surface area (Å²) < 4.78 is 10.9. The number of halogens is 1. The number of carbonyl (C=O) groups excluding carboxylic acids is 1. The number of hydrogen-bond donors (Lipinski definition) is 1. The molecule has 1 N–H and O–H groups in total. The first kappa shape index (κ1) is 20.6. The summed E-state index contributed by atoms with van der Waals surface area (Å²) in [6.07, 6.45) is 6.47. The molecule has 2 aromatic rings. The van der Waals surface area contributed by atoms with Crippen molar-refractivity contribution < 1.29 is 14.3 Å². The molecule has 1 saturated heterocycles. The minimum Gasteiger partial charge on any atom is -0.454 e. The number of hydrogen-bond acceptors (Lipinski definition) is 5. The first-order valence-electron chi connectivity index (χ1n) is 10.7. The van der Waals surface area contributed by atoms with Gasteiger partial charge in [0.2, 0.25) is 6.79 Å². The number of nitrogens with zero attached hydrogens (tertiary/aromatic N) is 1. The molecule has 162 valence electrons. The first-order chi connectivity index (χ1) is 15.1. The highest BCUT2D eigenvalue weighted by Gasteiger charge is 2.43. The van der Waals surface area contributed by atoms with E-state index in [0.29, 0.717) is 27.3 Å². The summed E-state index contributed by atoms with van der Waals surface area (Å²) in [6.45, 7) is 2.45. The van der Waals surface area contributed by atoms with Crippen LogP contribution in [0.15, 0.2) is 47.4 Å². The van der Waals surface area contributed by atoms with E-state index in [4.69, 9.17) is 21.1 Å². The average Bonchev–Trinajstić information content (AvgIpc) is 3.34. The second-order valence-electron chi connectivity index (χ2n) is 8.26. The van der Waals surface area contributed by atoms with Crippen LogP contribution in [0.5, 0.6) is 11.5 Å². The summed E-state index contributed by atoms with van der Waals surface area (Å²) in [6, 6.07) is 13.9. The van der Waals surface area contributed by atoms with Gasteiger partial charge in [-0.1, -0.05) is 61.3 Å². The van der Waals surface area contributed by atoms with Crippen molar-refractivity contribution in [2.24, 2.45) is 5.92 Å². The molecule has 2 aliphatic heterocycles. The molecule has 3 atom stereocenters. The number of amides is 1. The topological polar surface area (TPSA) is 50.8 Å². The first-order valence-corrected chi connectivity index (χ1v) is 12.0. The van der Waals surface area contributed by atoms with Gasteiger partial charge in [0, 0.05) is 17.8 Å². The number of para-hydroxylation sites is 1. The fourth-order valence-corrected chi connectivity index (χ4v) is 5.96. The molecular formula is C24H25ClN2O3S. The fourth-order valence-electron chi connectivity index (χ4n) is 4.55. The second kappa shape index (κ2) is 8.67. The Morgan fingerprint density at radius 2 is 1.87 bits per heavy atom. The van der Waals surface area contributed by atoms with E-state index in [1.165, 1.54) is 6.42 Å². The maximum absolute atomic E-state index is 13.6. The van der Waals surface area contributed by atoms with Gasteiger partial charge in [-0.15, -0.1) is 0 Å². The normalized spacial score (nSPS) is 26.5. The van der Waals surface area contributed by atoms with Gasteiger partial charge in [0.15, 0.2) is 17.0 Å². The van der Waals surface area contributed by atoms with Gasteiger partial charge in [-0.3, -0.25) is 4.79 Å². The van der Waals surface area contributed by atoms with E-state index in [1.54, 1.807) is 17.8 Å². The highest BCUT2D eigenvalue weighted by atomic mass is 35.5. The Labute approximate surface area is 191 Å². The van der Waals surface area contributed by atoms with Crippen molar-refractivity contribution in [3.05, 3.63) is 58.0 Å². The Balaban J connectivity index is 1.48. The Morgan fingerprint density at radius 3 is 2.65 bits per heavy atom. The number of rotatable bonds is 4. The number of anilines is 1. The molecule has 1 saturated carbocycles. The number of nitrogens with one attached hydrogen (secondary N) is 1. The molecule has 7 heteroatoms. The fraction of sp³-hybridized carbons (Fsp3) is 0.375. The van der Waals surface area contributed by atoms with Gasteiger partial charge in [0.05, 0.1) is 9.93 Å². The van der Waals surface area contributed by atoms with Crippen LogP contribution in [0.2, 0.25) is 5.02 Å². The van der Waals surface area contributed by atoms with Gasteiger partial charge in [-0.25, -0.2) is 0 Å².